The number of hydrogen-bond donors (Lipinski definition) is 1. The van der Waals surface area contributed by atoms with Gasteiger partial charge in [0.25, 0.3) is 0 Å². The maximum absolute atomic E-state index is 5.21. The van der Waals surface area contributed by atoms with E-state index in [1.54, 1.807) is 7.11 Å². The maximum Gasteiger partial charge on any atom is 0.0605 e. The van der Waals surface area contributed by atoms with Crippen molar-refractivity contribution in [3.05, 3.63) is 47.2 Å². The number of ether oxygens (including phenoxy) is 1. The van der Waals surface area contributed by atoms with Gasteiger partial charge in [-0.15, -0.1) is 11.8 Å². The van der Waals surface area contributed by atoms with E-state index >= 15 is 0 Å². The highest BCUT2D eigenvalue weighted by Crippen LogP contribution is 2.44. The Morgan fingerprint density at radius 3 is 3.08 bits per heavy atom. The molecule has 1 aliphatic carbocycles. The first-order valence-electron chi connectivity index (χ1n) is 9.05. The summed E-state index contributed by atoms with van der Waals surface area (Å²) in [6.07, 6.45) is 7.92. The van der Waals surface area contributed by atoms with Crippen LogP contribution >= 0.6 is 23.7 Å². The molecule has 1 N–H and O–H groups in total. The molecule has 1 atom stereocenters. The highest BCUT2D eigenvalue weighted by molar-refractivity contribution is 7.99. The molecule has 0 bridgehead atoms. The normalized spacial score (nSPS) is 19.6. The van der Waals surface area contributed by atoms with Crippen molar-refractivity contribution < 1.29 is 4.74 Å². The number of nitrogens with zero attached hydrogens (tertiary/aromatic N) is 1. The molecule has 1 aromatic carbocycles. The van der Waals surface area contributed by atoms with Gasteiger partial charge in [0.05, 0.1) is 6.04 Å². The average Bonchev–Trinajstić information content (AvgIpc) is 2.74. The molecule has 1 unspecified atom stereocenters. The van der Waals surface area contributed by atoms with Crippen LogP contribution in [0.5, 0.6) is 0 Å². The van der Waals surface area contributed by atoms with Crippen LogP contribution in [-0.4, -0.2) is 37.4 Å². The number of fused-ring (bicyclic) bond motifs is 1. The highest BCUT2D eigenvalue weighted by Gasteiger charge is 2.28. The van der Waals surface area contributed by atoms with Gasteiger partial charge in [-0.2, -0.15) is 0 Å². The van der Waals surface area contributed by atoms with Crippen molar-refractivity contribution in [3.63, 3.8) is 0 Å². The zero-order chi connectivity index (χ0) is 17.6. The van der Waals surface area contributed by atoms with E-state index in [9.17, 15) is 0 Å². The Morgan fingerprint density at radius 1 is 1.40 bits per heavy atom. The van der Waals surface area contributed by atoms with Crippen molar-refractivity contribution in [2.75, 3.05) is 33.1 Å². The summed E-state index contributed by atoms with van der Waals surface area (Å²) in [5, 5.41) is 3.79. The molecule has 0 saturated heterocycles. The quantitative estimate of drug-likeness (QED) is 0.409. The van der Waals surface area contributed by atoms with Crippen molar-refractivity contribution in [1.82, 2.24) is 9.62 Å². The molecular weight excluding hydrogens is 348 g/mol. The summed E-state index contributed by atoms with van der Waals surface area (Å²) in [4.78, 5) is 2.73. The minimum Gasteiger partial charge on any atom is -0.385 e. The fraction of sp³-hybridized carbons (Fsp3) is 0.500. The van der Waals surface area contributed by atoms with E-state index < -0.39 is 0 Å². The van der Waals surface area contributed by atoms with Gasteiger partial charge in [-0.3, -0.25) is 0 Å². The summed E-state index contributed by atoms with van der Waals surface area (Å²) >= 11 is 3.78. The van der Waals surface area contributed by atoms with Crippen LogP contribution in [0.4, 0.5) is 0 Å². The minimum atomic E-state index is 0.261. The van der Waals surface area contributed by atoms with Gasteiger partial charge in [-0.1, -0.05) is 25.1 Å². The van der Waals surface area contributed by atoms with Crippen molar-refractivity contribution in [1.29, 1.82) is 0 Å². The summed E-state index contributed by atoms with van der Waals surface area (Å²) in [5.41, 5.74) is 4.28. The van der Waals surface area contributed by atoms with E-state index in [4.69, 9.17) is 4.74 Å². The van der Waals surface area contributed by atoms with Gasteiger partial charge in [0.15, 0.2) is 0 Å². The topological polar surface area (TPSA) is 24.5 Å². The molecule has 1 heterocycles. The molecule has 0 radical (unpaired) electrons. The molecule has 1 aromatic rings. The van der Waals surface area contributed by atoms with Gasteiger partial charge in [-0.05, 0) is 66.8 Å². The minimum absolute atomic E-state index is 0.261. The Kier molecular flexibility index (Phi) is 6.93. The summed E-state index contributed by atoms with van der Waals surface area (Å²) in [7, 11) is 3.97. The number of nitrogens with one attached hydrogen (secondary N) is 1. The van der Waals surface area contributed by atoms with Crippen LogP contribution in [-0.2, 0) is 4.74 Å². The molecule has 3 rings (SSSR count). The Labute approximate surface area is 160 Å². The van der Waals surface area contributed by atoms with E-state index in [1.807, 2.05) is 23.7 Å². The van der Waals surface area contributed by atoms with E-state index in [-0.39, 0.29) is 6.04 Å². The van der Waals surface area contributed by atoms with Crippen LogP contribution in [0.2, 0.25) is 0 Å². The first-order chi connectivity index (χ1) is 12.2. The fourth-order valence-electron chi connectivity index (χ4n) is 3.41. The van der Waals surface area contributed by atoms with Crippen LogP contribution in [0.15, 0.2) is 51.4 Å². The molecule has 0 fully saturated rings. The molecule has 0 amide bonds. The van der Waals surface area contributed by atoms with Gasteiger partial charge in [0, 0.05) is 36.3 Å². The predicted octanol–water partition coefficient (Wildman–Crippen LogP) is 5.02. The molecule has 0 saturated carbocycles. The van der Waals surface area contributed by atoms with Gasteiger partial charge in [0.2, 0.25) is 0 Å². The molecule has 3 nitrogen and oxygen atoms in total. The van der Waals surface area contributed by atoms with Crippen LogP contribution in [0, 0.1) is 0 Å². The molecule has 0 aromatic heterocycles. The number of rotatable bonds is 7. The van der Waals surface area contributed by atoms with Crippen LogP contribution < -0.4 is 5.32 Å². The van der Waals surface area contributed by atoms with E-state index in [0.29, 0.717) is 0 Å². The predicted molar refractivity (Wildman–Crippen MR) is 109 cm³/mol. The zero-order valence-electron chi connectivity index (χ0n) is 15.4. The first-order valence-corrected chi connectivity index (χ1v) is 10.8. The molecule has 5 heteroatoms. The Balaban J connectivity index is 1.94. The lowest BCUT2D eigenvalue weighted by molar-refractivity contribution is 0.193. The maximum atomic E-state index is 5.21. The smallest absolute Gasteiger partial charge is 0.0605 e. The molecular formula is C20H28N2OS2. The number of methoxy groups -OCH3 is 1. The van der Waals surface area contributed by atoms with Crippen LogP contribution in [0.3, 0.4) is 0 Å². The lowest BCUT2D eigenvalue weighted by Gasteiger charge is -2.26. The monoisotopic (exact) mass is 376 g/mol. The molecule has 0 spiro atoms. The van der Waals surface area contributed by atoms with Gasteiger partial charge in [0.1, 0.15) is 0 Å². The van der Waals surface area contributed by atoms with Crippen molar-refractivity contribution in [2.45, 2.75) is 42.0 Å². The van der Waals surface area contributed by atoms with Gasteiger partial charge < -0.3 is 14.4 Å². The van der Waals surface area contributed by atoms with Gasteiger partial charge in [-0.25, -0.2) is 0 Å². The fourth-order valence-corrected chi connectivity index (χ4v) is 5.26. The third kappa shape index (κ3) is 4.45. The molecule has 25 heavy (non-hydrogen) atoms. The SMILES string of the molecule is CCSc1ccc2c(c1)SN(C)C1=C(C=CCC1)C2NCCCOC. The first kappa shape index (κ1) is 18.9. The second-order valence-electron chi connectivity index (χ2n) is 6.30. The summed E-state index contributed by atoms with van der Waals surface area (Å²) in [6.45, 7) is 3.97. The largest absolute Gasteiger partial charge is 0.385 e. The highest BCUT2D eigenvalue weighted by atomic mass is 32.2. The molecule has 2 aliphatic rings. The third-order valence-corrected chi connectivity index (χ3v) is 6.51. The molecule has 136 valence electrons. The number of thioether (sulfide) groups is 1. The zero-order valence-corrected chi connectivity index (χ0v) is 17.0. The number of allylic oxidation sites excluding steroid dienone is 2. The average molecular weight is 377 g/mol. The van der Waals surface area contributed by atoms with E-state index in [0.717, 1.165) is 38.2 Å². The Bertz CT molecular complexity index is 657. The summed E-state index contributed by atoms with van der Waals surface area (Å²) < 4.78 is 7.58. The Hall–Kier alpha value is -0.880. The molecule has 1 aliphatic heterocycles. The van der Waals surface area contributed by atoms with Crippen LogP contribution in [0.1, 0.15) is 37.8 Å². The van der Waals surface area contributed by atoms with E-state index in [2.05, 4.69) is 53.9 Å². The van der Waals surface area contributed by atoms with Crippen LogP contribution in [0.25, 0.3) is 0 Å². The number of benzene rings is 1. The summed E-state index contributed by atoms with van der Waals surface area (Å²) in [6, 6.07) is 7.21. The standard InChI is InChI=1S/C20H28N2OS2/c1-4-24-15-10-11-17-19(14-15)25-22(2)18-9-6-5-8-16(18)20(17)21-12-7-13-23-3/h5,8,10-11,14,20-21H,4,6-7,9,12-13H2,1-3H3. The third-order valence-electron chi connectivity index (χ3n) is 4.59. The van der Waals surface area contributed by atoms with Crippen molar-refractivity contribution in [3.8, 4) is 0 Å². The van der Waals surface area contributed by atoms with Gasteiger partial charge >= 0.3 is 0 Å². The Morgan fingerprint density at radius 2 is 2.28 bits per heavy atom. The number of hydrogen-bond acceptors (Lipinski definition) is 5. The lowest BCUT2D eigenvalue weighted by atomic mass is 9.92. The van der Waals surface area contributed by atoms with Crippen molar-refractivity contribution >= 4 is 23.7 Å². The second-order valence-corrected chi connectivity index (χ2v) is 8.81. The van der Waals surface area contributed by atoms with E-state index in [1.165, 1.54) is 26.6 Å². The second kappa shape index (κ2) is 9.17. The lowest BCUT2D eigenvalue weighted by Crippen LogP contribution is -2.26. The van der Waals surface area contributed by atoms with Crippen molar-refractivity contribution in [2.24, 2.45) is 0 Å². The summed E-state index contributed by atoms with van der Waals surface area (Å²) in [5.74, 6) is 1.11.